The van der Waals surface area contributed by atoms with Gasteiger partial charge in [-0.15, -0.1) is 0 Å². The Morgan fingerprint density at radius 1 is 1.45 bits per heavy atom. The van der Waals surface area contributed by atoms with Crippen LogP contribution in [0.2, 0.25) is 0 Å². The zero-order chi connectivity index (χ0) is 7.94. The molecule has 2 nitrogen and oxygen atoms in total. The maximum Gasteiger partial charge on any atom is 0.248 e. The quantitative estimate of drug-likeness (QED) is 0.570. The van der Waals surface area contributed by atoms with Crippen molar-refractivity contribution in [3.63, 3.8) is 0 Å². The van der Waals surface area contributed by atoms with E-state index in [1.165, 1.54) is 0 Å². The van der Waals surface area contributed by atoms with Gasteiger partial charge in [-0.3, -0.25) is 0 Å². The number of pyridine rings is 1. The molecule has 0 aliphatic heterocycles. The van der Waals surface area contributed by atoms with E-state index in [-0.39, 0.29) is 6.61 Å². The molecule has 1 heterocycles. The molecule has 2 N–H and O–H groups in total. The van der Waals surface area contributed by atoms with Gasteiger partial charge < -0.3 is 5.11 Å². The molecule has 0 radical (unpaired) electrons. The van der Waals surface area contributed by atoms with E-state index in [1.54, 1.807) is 21.6 Å². The number of rotatable bonds is 4. The Kier molecular flexibility index (Phi) is 4.42. The van der Waals surface area contributed by atoms with Gasteiger partial charge in [0.25, 0.3) is 0 Å². The molecule has 0 atom stereocenters. The van der Waals surface area contributed by atoms with Gasteiger partial charge in [-0.1, -0.05) is 10.8 Å². The molecule has 0 spiro atoms. The van der Waals surface area contributed by atoms with Crippen LogP contribution in [0.5, 0.6) is 0 Å². The number of aromatic amines is 1. The second-order valence-corrected chi connectivity index (χ2v) is 4.31. The van der Waals surface area contributed by atoms with Crippen LogP contribution in [0.3, 0.4) is 0 Å². The van der Waals surface area contributed by atoms with Crippen molar-refractivity contribution in [3.05, 3.63) is 24.4 Å². The number of hydrogen-bond acceptors (Lipinski definition) is 3. The van der Waals surface area contributed by atoms with Crippen molar-refractivity contribution >= 4 is 21.6 Å². The SMILES string of the molecule is OCCSSc1cccc[nH+]1. The van der Waals surface area contributed by atoms with E-state index in [2.05, 4.69) is 4.98 Å². The Hall–Kier alpha value is -0.190. The lowest BCUT2D eigenvalue weighted by molar-refractivity contribution is -0.426. The van der Waals surface area contributed by atoms with Crippen LogP contribution in [-0.4, -0.2) is 17.5 Å². The molecule has 0 amide bonds. The van der Waals surface area contributed by atoms with Crippen molar-refractivity contribution in [1.29, 1.82) is 0 Å². The highest BCUT2D eigenvalue weighted by atomic mass is 33.1. The maximum absolute atomic E-state index is 8.50. The minimum Gasteiger partial charge on any atom is -0.395 e. The van der Waals surface area contributed by atoms with Gasteiger partial charge in [0, 0.05) is 28.7 Å². The highest BCUT2D eigenvalue weighted by Gasteiger charge is 1.98. The molecule has 0 fully saturated rings. The summed E-state index contributed by atoms with van der Waals surface area (Å²) in [5.74, 6) is 0.771. The number of aliphatic hydroxyl groups excluding tert-OH is 1. The molecule has 0 saturated heterocycles. The van der Waals surface area contributed by atoms with Crippen molar-refractivity contribution < 1.29 is 10.1 Å². The van der Waals surface area contributed by atoms with Crippen LogP contribution in [0.25, 0.3) is 0 Å². The van der Waals surface area contributed by atoms with Crippen molar-refractivity contribution in [3.8, 4) is 0 Å². The van der Waals surface area contributed by atoms with Crippen molar-refractivity contribution in [2.24, 2.45) is 0 Å². The molecule has 60 valence electrons. The monoisotopic (exact) mass is 188 g/mol. The molecule has 1 rings (SSSR count). The summed E-state index contributed by atoms with van der Waals surface area (Å²) in [4.78, 5) is 3.09. The summed E-state index contributed by atoms with van der Waals surface area (Å²) in [7, 11) is 3.29. The number of aromatic nitrogens is 1. The Morgan fingerprint density at radius 2 is 2.36 bits per heavy atom. The van der Waals surface area contributed by atoms with Gasteiger partial charge in [-0.2, -0.15) is 0 Å². The fourth-order valence-corrected chi connectivity index (χ4v) is 2.27. The molecule has 4 heteroatoms. The molecule has 1 aromatic rings. The fourth-order valence-electron chi connectivity index (χ4n) is 0.571. The van der Waals surface area contributed by atoms with Crippen LogP contribution >= 0.6 is 21.6 Å². The smallest absolute Gasteiger partial charge is 0.248 e. The minimum absolute atomic E-state index is 0.241. The lowest BCUT2D eigenvalue weighted by Crippen LogP contribution is -2.01. The largest absolute Gasteiger partial charge is 0.395 e. The second kappa shape index (κ2) is 5.46. The average molecular weight is 188 g/mol. The maximum atomic E-state index is 8.50. The highest BCUT2D eigenvalue weighted by Crippen LogP contribution is 2.26. The molecule has 11 heavy (non-hydrogen) atoms. The van der Waals surface area contributed by atoms with Crippen molar-refractivity contribution in [2.45, 2.75) is 5.03 Å². The van der Waals surface area contributed by atoms with Gasteiger partial charge in [0.05, 0.1) is 6.61 Å². The topological polar surface area (TPSA) is 34.4 Å². The average Bonchev–Trinajstić information content (AvgIpc) is 2.07. The molecule has 0 unspecified atom stereocenters. The van der Waals surface area contributed by atoms with Gasteiger partial charge >= 0.3 is 0 Å². The van der Waals surface area contributed by atoms with Crippen LogP contribution in [0.4, 0.5) is 0 Å². The summed E-state index contributed by atoms with van der Waals surface area (Å²) >= 11 is 0. The third-order valence-corrected chi connectivity index (χ3v) is 3.30. The predicted molar refractivity (Wildman–Crippen MR) is 48.4 cm³/mol. The molecular formula is C7H10NOS2+. The first-order valence-corrected chi connectivity index (χ1v) is 5.62. The van der Waals surface area contributed by atoms with Crippen LogP contribution in [0, 0.1) is 0 Å². The highest BCUT2D eigenvalue weighted by molar-refractivity contribution is 8.76. The van der Waals surface area contributed by atoms with Crippen LogP contribution < -0.4 is 4.98 Å². The third-order valence-electron chi connectivity index (χ3n) is 1.00. The van der Waals surface area contributed by atoms with Gasteiger partial charge in [0.2, 0.25) is 5.03 Å². The molecule has 0 saturated carbocycles. The van der Waals surface area contributed by atoms with Crippen molar-refractivity contribution in [1.82, 2.24) is 0 Å². The van der Waals surface area contributed by atoms with E-state index in [0.29, 0.717) is 0 Å². The Balaban J connectivity index is 2.28. The summed E-state index contributed by atoms with van der Waals surface area (Å²) in [5.41, 5.74) is 0. The van der Waals surface area contributed by atoms with Crippen molar-refractivity contribution in [2.75, 3.05) is 12.4 Å². The zero-order valence-corrected chi connectivity index (χ0v) is 7.62. The minimum atomic E-state index is 0.241. The normalized spacial score (nSPS) is 9.91. The first-order chi connectivity index (χ1) is 5.43. The van der Waals surface area contributed by atoms with E-state index in [0.717, 1.165) is 10.8 Å². The van der Waals surface area contributed by atoms with E-state index < -0.39 is 0 Å². The molecule has 0 bridgehead atoms. The summed E-state index contributed by atoms with van der Waals surface area (Å²) in [5, 5.41) is 9.62. The number of hydrogen-bond donors (Lipinski definition) is 1. The summed E-state index contributed by atoms with van der Waals surface area (Å²) in [6.45, 7) is 0.241. The fraction of sp³-hybridized carbons (Fsp3) is 0.286. The third kappa shape index (κ3) is 3.65. The van der Waals surface area contributed by atoms with E-state index >= 15 is 0 Å². The summed E-state index contributed by atoms with van der Waals surface area (Å²) < 4.78 is 0. The molecule has 0 aliphatic rings. The first-order valence-electron chi connectivity index (χ1n) is 3.30. The van der Waals surface area contributed by atoms with E-state index in [4.69, 9.17) is 5.11 Å². The van der Waals surface area contributed by atoms with Gasteiger partial charge in [0.15, 0.2) is 6.20 Å². The number of H-pyrrole nitrogens is 1. The standard InChI is InChI=1S/C7H9NOS2/c9-5-6-10-11-7-3-1-2-4-8-7/h1-4,9H,5-6H2/p+1. The molecule has 0 aromatic carbocycles. The summed E-state index contributed by atoms with van der Waals surface area (Å²) in [6.07, 6.45) is 1.89. The first kappa shape index (κ1) is 8.90. The van der Waals surface area contributed by atoms with Gasteiger partial charge in [-0.25, -0.2) is 4.98 Å². The van der Waals surface area contributed by atoms with Crippen LogP contribution in [0.15, 0.2) is 29.4 Å². The van der Waals surface area contributed by atoms with E-state index in [1.807, 2.05) is 24.4 Å². The lowest BCUT2D eigenvalue weighted by atomic mass is 10.5. The number of aliphatic hydroxyl groups is 1. The zero-order valence-electron chi connectivity index (χ0n) is 5.99. The summed E-state index contributed by atoms with van der Waals surface area (Å²) in [6, 6.07) is 5.94. The van der Waals surface area contributed by atoms with Crippen LogP contribution in [-0.2, 0) is 0 Å². The van der Waals surface area contributed by atoms with Gasteiger partial charge in [0.1, 0.15) is 0 Å². The molecular weight excluding hydrogens is 178 g/mol. The van der Waals surface area contributed by atoms with Gasteiger partial charge in [-0.05, 0) is 6.07 Å². The number of nitrogens with one attached hydrogen (secondary N) is 1. The molecule has 1 aromatic heterocycles. The van der Waals surface area contributed by atoms with E-state index in [9.17, 15) is 0 Å². The second-order valence-electron chi connectivity index (χ2n) is 1.86. The molecule has 0 aliphatic carbocycles. The Bertz CT molecular complexity index is 193. The lowest BCUT2D eigenvalue weighted by Gasteiger charge is -1.91. The van der Waals surface area contributed by atoms with Crippen LogP contribution in [0.1, 0.15) is 0 Å². The Labute approximate surface area is 73.8 Å². The Morgan fingerprint density at radius 3 is 3.00 bits per heavy atom. The predicted octanol–water partition coefficient (Wildman–Crippen LogP) is 1.23.